The van der Waals surface area contributed by atoms with Crippen LogP contribution >= 0.6 is 23.2 Å². The van der Waals surface area contributed by atoms with Crippen molar-refractivity contribution in [1.29, 1.82) is 0 Å². The Kier molecular flexibility index (Phi) is 3.70. The maximum atomic E-state index is 6.23. The summed E-state index contributed by atoms with van der Waals surface area (Å²) in [5, 5.41) is 1.31. The molecule has 0 fully saturated rings. The van der Waals surface area contributed by atoms with Gasteiger partial charge in [0.15, 0.2) is 0 Å². The van der Waals surface area contributed by atoms with Crippen molar-refractivity contribution in [3.05, 3.63) is 58.1 Å². The van der Waals surface area contributed by atoms with Crippen LogP contribution in [-0.4, -0.2) is 0 Å². The molecule has 0 nitrogen and oxygen atoms in total. The molecule has 0 spiro atoms. The van der Waals surface area contributed by atoms with E-state index in [1.54, 1.807) is 6.07 Å². The molecule has 0 amide bonds. The van der Waals surface area contributed by atoms with E-state index in [1.165, 1.54) is 5.56 Å². The molecule has 0 saturated carbocycles. The van der Waals surface area contributed by atoms with E-state index in [-0.39, 0.29) is 5.41 Å². The second kappa shape index (κ2) is 4.95. The fourth-order valence-corrected chi connectivity index (χ4v) is 2.31. The lowest BCUT2D eigenvalue weighted by Gasteiger charge is -2.20. The molecule has 93 valence electrons. The Bertz CT molecular complexity index is 566. The minimum Gasteiger partial charge on any atom is -0.0843 e. The highest BCUT2D eigenvalue weighted by Gasteiger charge is 2.14. The number of rotatable bonds is 1. The monoisotopic (exact) mass is 277 g/mol. The highest BCUT2D eigenvalue weighted by atomic mass is 35.5. The van der Waals surface area contributed by atoms with Gasteiger partial charge in [-0.15, -0.1) is 0 Å². The number of halogens is 2. The van der Waals surface area contributed by atoms with E-state index in [0.717, 1.165) is 11.1 Å². The molecule has 0 aliphatic carbocycles. The molecule has 18 heavy (non-hydrogen) atoms. The van der Waals surface area contributed by atoms with Crippen molar-refractivity contribution >= 4 is 23.2 Å². The Morgan fingerprint density at radius 3 is 2.33 bits per heavy atom. The summed E-state index contributed by atoms with van der Waals surface area (Å²) in [7, 11) is 0. The molecule has 2 rings (SSSR count). The van der Waals surface area contributed by atoms with E-state index < -0.39 is 0 Å². The van der Waals surface area contributed by atoms with Gasteiger partial charge in [-0.1, -0.05) is 62.2 Å². The van der Waals surface area contributed by atoms with Crippen molar-refractivity contribution < 1.29 is 0 Å². The minimum absolute atomic E-state index is 0.114. The SMILES string of the molecule is CC(C)(C)c1cc[c]c(-c2ccc(Cl)cc2Cl)c1. The Balaban J connectivity index is 2.51. The number of benzene rings is 2. The first-order chi connectivity index (χ1) is 8.38. The molecule has 1 radical (unpaired) electrons. The molecule has 0 aromatic heterocycles. The lowest BCUT2D eigenvalue weighted by atomic mass is 9.85. The summed E-state index contributed by atoms with van der Waals surface area (Å²) in [4.78, 5) is 0. The number of hydrogen-bond acceptors (Lipinski definition) is 0. The van der Waals surface area contributed by atoms with Crippen molar-refractivity contribution in [2.45, 2.75) is 26.2 Å². The largest absolute Gasteiger partial charge is 0.0843 e. The van der Waals surface area contributed by atoms with Crippen LogP contribution in [0.15, 0.2) is 36.4 Å². The lowest BCUT2D eigenvalue weighted by molar-refractivity contribution is 0.590. The fourth-order valence-electron chi connectivity index (χ4n) is 1.80. The zero-order valence-electron chi connectivity index (χ0n) is 10.7. The predicted octanol–water partition coefficient (Wildman–Crippen LogP) is 5.76. The van der Waals surface area contributed by atoms with Gasteiger partial charge in [0.05, 0.1) is 0 Å². The maximum Gasteiger partial charge on any atom is 0.0499 e. The van der Waals surface area contributed by atoms with E-state index >= 15 is 0 Å². The van der Waals surface area contributed by atoms with E-state index in [9.17, 15) is 0 Å². The standard InChI is InChI=1S/C16H15Cl2/c1-16(2,3)12-6-4-5-11(9-12)14-8-7-13(17)10-15(14)18/h4,6-10H,1-3H3. The van der Waals surface area contributed by atoms with Gasteiger partial charge in [-0.05, 0) is 40.8 Å². The second-order valence-electron chi connectivity index (χ2n) is 5.37. The summed E-state index contributed by atoms with van der Waals surface area (Å²) in [5.74, 6) is 0. The smallest absolute Gasteiger partial charge is 0.0499 e. The average Bonchev–Trinajstić information content (AvgIpc) is 2.28. The third kappa shape index (κ3) is 2.88. The molecule has 0 atom stereocenters. The molecule has 2 aromatic carbocycles. The first-order valence-electron chi connectivity index (χ1n) is 5.85. The van der Waals surface area contributed by atoms with Crippen LogP contribution in [0, 0.1) is 6.07 Å². The van der Waals surface area contributed by atoms with Crippen LogP contribution in [0.1, 0.15) is 26.3 Å². The van der Waals surface area contributed by atoms with Gasteiger partial charge in [0.2, 0.25) is 0 Å². The third-order valence-corrected chi connectivity index (χ3v) is 3.44. The van der Waals surface area contributed by atoms with Crippen LogP contribution in [0.4, 0.5) is 0 Å². The lowest BCUT2D eigenvalue weighted by Crippen LogP contribution is -2.10. The molecule has 0 aliphatic heterocycles. The Morgan fingerprint density at radius 1 is 1.00 bits per heavy atom. The van der Waals surface area contributed by atoms with E-state index in [1.807, 2.05) is 18.2 Å². The van der Waals surface area contributed by atoms with Gasteiger partial charge in [-0.25, -0.2) is 0 Å². The van der Waals surface area contributed by atoms with Crippen LogP contribution in [0.5, 0.6) is 0 Å². The van der Waals surface area contributed by atoms with Gasteiger partial charge in [0, 0.05) is 15.6 Å². The first-order valence-corrected chi connectivity index (χ1v) is 6.61. The molecule has 0 bridgehead atoms. The summed E-state index contributed by atoms with van der Waals surface area (Å²) in [6, 6.07) is 14.9. The molecular weight excluding hydrogens is 263 g/mol. The normalized spacial score (nSPS) is 11.6. The molecule has 2 heteroatoms. The quantitative estimate of drug-likeness (QED) is 0.622. The van der Waals surface area contributed by atoms with Crippen LogP contribution in [0.2, 0.25) is 10.0 Å². The van der Waals surface area contributed by atoms with Crippen molar-refractivity contribution in [3.63, 3.8) is 0 Å². The molecule has 0 N–H and O–H groups in total. The first kappa shape index (κ1) is 13.5. The van der Waals surface area contributed by atoms with E-state index in [2.05, 4.69) is 39.0 Å². The van der Waals surface area contributed by atoms with Crippen molar-refractivity contribution in [1.82, 2.24) is 0 Å². The predicted molar refractivity (Wildman–Crippen MR) is 79.4 cm³/mol. The van der Waals surface area contributed by atoms with Gasteiger partial charge in [-0.3, -0.25) is 0 Å². The highest BCUT2D eigenvalue weighted by Crippen LogP contribution is 2.32. The van der Waals surface area contributed by atoms with Crippen LogP contribution in [0.25, 0.3) is 11.1 Å². The van der Waals surface area contributed by atoms with Crippen molar-refractivity contribution in [2.75, 3.05) is 0 Å². The molecule has 2 aromatic rings. The van der Waals surface area contributed by atoms with Gasteiger partial charge < -0.3 is 0 Å². The molecule has 0 unspecified atom stereocenters. The van der Waals surface area contributed by atoms with Gasteiger partial charge in [0.25, 0.3) is 0 Å². The Labute approximate surface area is 119 Å². The minimum atomic E-state index is 0.114. The van der Waals surface area contributed by atoms with Crippen LogP contribution in [0.3, 0.4) is 0 Å². The molecule has 0 saturated heterocycles. The summed E-state index contributed by atoms with van der Waals surface area (Å²) < 4.78 is 0. The van der Waals surface area contributed by atoms with Crippen molar-refractivity contribution in [3.8, 4) is 11.1 Å². The van der Waals surface area contributed by atoms with Gasteiger partial charge >= 0.3 is 0 Å². The number of hydrogen-bond donors (Lipinski definition) is 0. The van der Waals surface area contributed by atoms with Gasteiger partial charge in [0.1, 0.15) is 0 Å². The zero-order valence-corrected chi connectivity index (χ0v) is 12.2. The van der Waals surface area contributed by atoms with E-state index in [4.69, 9.17) is 23.2 Å². The van der Waals surface area contributed by atoms with Crippen molar-refractivity contribution in [2.24, 2.45) is 0 Å². The summed E-state index contributed by atoms with van der Waals surface area (Å²) >= 11 is 12.1. The van der Waals surface area contributed by atoms with Gasteiger partial charge in [-0.2, -0.15) is 0 Å². The van der Waals surface area contributed by atoms with E-state index in [0.29, 0.717) is 10.0 Å². The third-order valence-electron chi connectivity index (χ3n) is 2.89. The fraction of sp³-hybridized carbons (Fsp3) is 0.250. The molecule has 0 aliphatic rings. The Morgan fingerprint density at radius 2 is 1.72 bits per heavy atom. The molecular formula is C16H15Cl2. The Hall–Kier alpha value is -0.980. The maximum absolute atomic E-state index is 6.23. The zero-order chi connectivity index (χ0) is 13.3. The summed E-state index contributed by atoms with van der Waals surface area (Å²) in [6.45, 7) is 6.57. The van der Waals surface area contributed by atoms with Crippen LogP contribution < -0.4 is 0 Å². The topological polar surface area (TPSA) is 0 Å². The average molecular weight is 278 g/mol. The molecule has 0 heterocycles. The summed E-state index contributed by atoms with van der Waals surface area (Å²) in [6.07, 6.45) is 0. The van der Waals surface area contributed by atoms with Crippen LogP contribution in [-0.2, 0) is 5.41 Å². The second-order valence-corrected chi connectivity index (χ2v) is 6.21. The summed E-state index contributed by atoms with van der Waals surface area (Å²) in [5.41, 5.74) is 3.35. The highest BCUT2D eigenvalue weighted by molar-refractivity contribution is 6.36.